The summed E-state index contributed by atoms with van der Waals surface area (Å²) in [6.45, 7) is 8.87. The first-order valence-corrected chi connectivity index (χ1v) is 16.2. The Morgan fingerprint density at radius 1 is 0.500 bits per heavy atom. The maximum absolute atomic E-state index is 12.8. The number of para-hydroxylation sites is 2. The number of fused-ring (bicyclic) bond motifs is 2. The molecule has 6 rings (SSSR count). The molecule has 0 spiro atoms. The number of aryl methyl sites for hydroxylation is 4. The van der Waals surface area contributed by atoms with Gasteiger partial charge in [0.1, 0.15) is 0 Å². The van der Waals surface area contributed by atoms with E-state index in [0.29, 0.717) is 22.9 Å². The summed E-state index contributed by atoms with van der Waals surface area (Å²) >= 11 is 0. The number of sulfonamides is 2. The van der Waals surface area contributed by atoms with Crippen molar-refractivity contribution >= 4 is 31.4 Å². The molecule has 4 aromatic rings. The SMILES string of the molecule is Cc1ccc(S(=O)(=O)N2CCc3cccc(C)c32)cc1.Cc1ccc(S(=O)(=O)N2CCc3cccc(C)c32)cc1. The van der Waals surface area contributed by atoms with E-state index in [4.69, 9.17) is 0 Å². The number of anilines is 2. The van der Waals surface area contributed by atoms with Gasteiger partial charge in [-0.3, -0.25) is 8.61 Å². The fraction of sp³-hybridized carbons (Fsp3) is 0.250. The monoisotopic (exact) mass is 574 g/mol. The first kappa shape index (κ1) is 27.9. The lowest BCUT2D eigenvalue weighted by molar-refractivity contribution is 0.590. The summed E-state index contributed by atoms with van der Waals surface area (Å²) in [5, 5.41) is 0. The molecule has 2 aliphatic heterocycles. The fourth-order valence-electron chi connectivity index (χ4n) is 5.38. The molecule has 8 heteroatoms. The van der Waals surface area contributed by atoms with Crippen LogP contribution in [0.5, 0.6) is 0 Å². The molecule has 0 atom stereocenters. The summed E-state index contributed by atoms with van der Waals surface area (Å²) in [4.78, 5) is 0.721. The molecule has 0 saturated heterocycles. The summed E-state index contributed by atoms with van der Waals surface area (Å²) in [6, 6.07) is 26.0. The Balaban J connectivity index is 0.000000161. The molecule has 0 fully saturated rings. The third-order valence-electron chi connectivity index (χ3n) is 7.53. The molecule has 0 unspecified atom stereocenters. The van der Waals surface area contributed by atoms with Crippen LogP contribution in [0.25, 0.3) is 0 Å². The number of rotatable bonds is 4. The summed E-state index contributed by atoms with van der Waals surface area (Å²) in [7, 11) is -6.92. The Labute approximate surface area is 238 Å². The van der Waals surface area contributed by atoms with E-state index in [2.05, 4.69) is 0 Å². The Morgan fingerprint density at radius 2 is 0.850 bits per heavy atom. The van der Waals surface area contributed by atoms with Crippen LogP contribution in [0.1, 0.15) is 33.4 Å². The standard InChI is InChI=1S/2C16H17NO2S/c2*1-12-6-8-15(9-7-12)20(18,19)17-11-10-14-5-3-4-13(2)16(14)17/h2*3-9H,10-11H2,1-2H3. The molecule has 0 N–H and O–H groups in total. The molecule has 40 heavy (non-hydrogen) atoms. The smallest absolute Gasteiger partial charge is 0.264 e. The van der Waals surface area contributed by atoms with Crippen LogP contribution in [-0.2, 0) is 32.9 Å². The van der Waals surface area contributed by atoms with Crippen molar-refractivity contribution in [1.82, 2.24) is 0 Å². The van der Waals surface area contributed by atoms with Crippen molar-refractivity contribution in [2.75, 3.05) is 21.7 Å². The van der Waals surface area contributed by atoms with Gasteiger partial charge in [-0.1, -0.05) is 71.8 Å². The van der Waals surface area contributed by atoms with E-state index < -0.39 is 20.0 Å². The second kappa shape index (κ2) is 10.7. The molecule has 2 heterocycles. The minimum atomic E-state index is -3.46. The second-order valence-corrected chi connectivity index (χ2v) is 14.2. The second-order valence-electron chi connectivity index (χ2n) is 10.4. The molecular formula is C32H34N2O4S2. The highest BCUT2D eigenvalue weighted by molar-refractivity contribution is 7.93. The summed E-state index contributed by atoms with van der Waals surface area (Å²) < 4.78 is 54.2. The molecular weight excluding hydrogens is 540 g/mol. The minimum Gasteiger partial charge on any atom is -0.265 e. The molecule has 0 radical (unpaired) electrons. The maximum Gasteiger partial charge on any atom is 0.264 e. The largest absolute Gasteiger partial charge is 0.265 e. The zero-order valence-corrected chi connectivity index (χ0v) is 24.9. The first-order chi connectivity index (χ1) is 19.0. The van der Waals surface area contributed by atoms with Crippen LogP contribution in [0.4, 0.5) is 11.4 Å². The highest BCUT2D eigenvalue weighted by atomic mass is 32.2. The van der Waals surface area contributed by atoms with Gasteiger partial charge in [0.25, 0.3) is 20.0 Å². The van der Waals surface area contributed by atoms with Crippen LogP contribution in [0.15, 0.2) is 94.7 Å². The average Bonchev–Trinajstić information content (AvgIpc) is 3.57. The number of nitrogens with zero attached hydrogens (tertiary/aromatic N) is 2. The summed E-state index contributed by atoms with van der Waals surface area (Å²) in [5.74, 6) is 0. The normalized spacial score (nSPS) is 14.4. The quantitative estimate of drug-likeness (QED) is 0.295. The van der Waals surface area contributed by atoms with E-state index in [-0.39, 0.29) is 0 Å². The minimum absolute atomic E-state index is 0.360. The lowest BCUT2D eigenvalue weighted by atomic mass is 10.1. The summed E-state index contributed by atoms with van der Waals surface area (Å²) in [5.41, 5.74) is 8.07. The predicted molar refractivity (Wildman–Crippen MR) is 161 cm³/mol. The van der Waals surface area contributed by atoms with Gasteiger partial charge in [0.05, 0.1) is 21.2 Å². The van der Waals surface area contributed by atoms with Crippen LogP contribution in [0.3, 0.4) is 0 Å². The highest BCUT2D eigenvalue weighted by Gasteiger charge is 2.33. The Morgan fingerprint density at radius 3 is 1.20 bits per heavy atom. The van der Waals surface area contributed by atoms with Gasteiger partial charge in [-0.15, -0.1) is 0 Å². The van der Waals surface area contributed by atoms with Gasteiger partial charge in [0.2, 0.25) is 0 Å². The Kier molecular flexibility index (Phi) is 7.50. The predicted octanol–water partition coefficient (Wildman–Crippen LogP) is 6.11. The molecule has 0 amide bonds. The van der Waals surface area contributed by atoms with E-state index in [1.807, 2.05) is 88.4 Å². The van der Waals surface area contributed by atoms with Crippen LogP contribution < -0.4 is 8.61 Å². The van der Waals surface area contributed by atoms with Gasteiger partial charge in [0, 0.05) is 13.1 Å². The molecule has 0 aromatic heterocycles. The lowest BCUT2D eigenvalue weighted by Gasteiger charge is -2.21. The van der Waals surface area contributed by atoms with E-state index in [1.54, 1.807) is 32.9 Å². The van der Waals surface area contributed by atoms with E-state index in [9.17, 15) is 16.8 Å². The number of benzene rings is 4. The van der Waals surface area contributed by atoms with Crippen LogP contribution >= 0.6 is 0 Å². The van der Waals surface area contributed by atoms with Crippen molar-refractivity contribution in [3.63, 3.8) is 0 Å². The molecule has 0 saturated carbocycles. The Hall–Kier alpha value is -3.62. The molecule has 6 nitrogen and oxygen atoms in total. The van der Waals surface area contributed by atoms with E-state index in [0.717, 1.165) is 57.6 Å². The molecule has 0 bridgehead atoms. The van der Waals surface area contributed by atoms with Crippen LogP contribution in [0.2, 0.25) is 0 Å². The fourth-order valence-corrected chi connectivity index (χ4v) is 8.52. The third-order valence-corrected chi connectivity index (χ3v) is 11.2. The van der Waals surface area contributed by atoms with E-state index >= 15 is 0 Å². The first-order valence-electron chi connectivity index (χ1n) is 13.4. The topological polar surface area (TPSA) is 74.8 Å². The van der Waals surface area contributed by atoms with Gasteiger partial charge in [-0.2, -0.15) is 0 Å². The average molecular weight is 575 g/mol. The molecule has 2 aliphatic rings. The van der Waals surface area contributed by atoms with Gasteiger partial charge < -0.3 is 0 Å². The molecule has 4 aromatic carbocycles. The zero-order chi connectivity index (χ0) is 28.7. The van der Waals surface area contributed by atoms with Gasteiger partial charge in [-0.25, -0.2) is 16.8 Å². The van der Waals surface area contributed by atoms with Crippen LogP contribution in [-0.4, -0.2) is 29.9 Å². The van der Waals surface area contributed by atoms with Gasteiger partial charge in [0.15, 0.2) is 0 Å². The third kappa shape index (κ3) is 5.13. The highest BCUT2D eigenvalue weighted by Crippen LogP contribution is 2.36. The lowest BCUT2D eigenvalue weighted by Crippen LogP contribution is -2.29. The van der Waals surface area contributed by atoms with E-state index in [1.165, 1.54) is 0 Å². The number of hydrogen-bond acceptors (Lipinski definition) is 4. The van der Waals surface area contributed by atoms with Gasteiger partial charge in [-0.05, 0) is 87.1 Å². The van der Waals surface area contributed by atoms with Crippen molar-refractivity contribution in [3.05, 3.63) is 118 Å². The van der Waals surface area contributed by atoms with Crippen molar-refractivity contribution in [2.45, 2.75) is 50.3 Å². The molecule has 0 aliphatic carbocycles. The Bertz CT molecular complexity index is 1630. The summed E-state index contributed by atoms with van der Waals surface area (Å²) in [6.07, 6.45) is 1.56. The number of hydrogen-bond donors (Lipinski definition) is 0. The van der Waals surface area contributed by atoms with Crippen LogP contribution in [0, 0.1) is 27.7 Å². The van der Waals surface area contributed by atoms with Crippen molar-refractivity contribution in [2.24, 2.45) is 0 Å². The molecule has 208 valence electrons. The van der Waals surface area contributed by atoms with Crippen molar-refractivity contribution < 1.29 is 16.8 Å². The maximum atomic E-state index is 12.8. The van der Waals surface area contributed by atoms with Crippen molar-refractivity contribution in [3.8, 4) is 0 Å². The van der Waals surface area contributed by atoms with Gasteiger partial charge >= 0.3 is 0 Å². The van der Waals surface area contributed by atoms with Crippen molar-refractivity contribution in [1.29, 1.82) is 0 Å². The zero-order valence-electron chi connectivity index (χ0n) is 23.3.